The molecular weight excluding hydrogens is 348 g/mol. The first-order valence-electron chi connectivity index (χ1n) is 7.35. The molecule has 4 rings (SSSR count). The molecule has 0 spiro atoms. The van der Waals surface area contributed by atoms with Crippen molar-refractivity contribution in [3.05, 3.63) is 47.3 Å². The summed E-state index contributed by atoms with van der Waals surface area (Å²) in [6, 6.07) is 8.91. The molecule has 1 aliphatic rings. The fraction of sp³-hybridized carbons (Fsp3) is 0.267. The summed E-state index contributed by atoms with van der Waals surface area (Å²) < 4.78 is 32.1. The van der Waals surface area contributed by atoms with Crippen molar-refractivity contribution in [3.63, 3.8) is 0 Å². The number of aromatic nitrogens is 3. The van der Waals surface area contributed by atoms with Crippen molar-refractivity contribution >= 4 is 21.4 Å². The van der Waals surface area contributed by atoms with Crippen LogP contribution in [0.25, 0.3) is 11.5 Å². The summed E-state index contributed by atoms with van der Waals surface area (Å²) in [7, 11) is -3.42. The molecule has 0 saturated carbocycles. The number of thiophene rings is 1. The van der Waals surface area contributed by atoms with Crippen LogP contribution in [-0.2, 0) is 10.0 Å². The Hall–Kier alpha value is -2.10. The van der Waals surface area contributed by atoms with Crippen LogP contribution < -0.4 is 0 Å². The van der Waals surface area contributed by atoms with Crippen molar-refractivity contribution in [2.45, 2.75) is 17.1 Å². The fourth-order valence-electron chi connectivity index (χ4n) is 2.47. The van der Waals surface area contributed by atoms with Gasteiger partial charge in [0.2, 0.25) is 11.7 Å². The van der Waals surface area contributed by atoms with Gasteiger partial charge in [-0.1, -0.05) is 11.2 Å². The highest BCUT2D eigenvalue weighted by atomic mass is 32.2. The predicted octanol–water partition coefficient (Wildman–Crippen LogP) is 2.29. The molecule has 24 heavy (non-hydrogen) atoms. The molecule has 4 heterocycles. The van der Waals surface area contributed by atoms with Crippen molar-refractivity contribution in [1.82, 2.24) is 19.4 Å². The van der Waals surface area contributed by atoms with Crippen molar-refractivity contribution in [2.75, 3.05) is 13.1 Å². The highest BCUT2D eigenvalue weighted by Gasteiger charge is 2.41. The van der Waals surface area contributed by atoms with Crippen LogP contribution >= 0.6 is 11.3 Å². The summed E-state index contributed by atoms with van der Waals surface area (Å²) >= 11 is 1.28. The second kappa shape index (κ2) is 5.76. The third-order valence-corrected chi connectivity index (χ3v) is 7.14. The van der Waals surface area contributed by atoms with E-state index in [-0.39, 0.29) is 5.92 Å². The minimum absolute atomic E-state index is 0.0780. The minimum atomic E-state index is -3.42. The average Bonchev–Trinajstić information content (AvgIpc) is 3.16. The Morgan fingerprint density at radius 3 is 2.75 bits per heavy atom. The van der Waals surface area contributed by atoms with Gasteiger partial charge in [-0.2, -0.15) is 9.29 Å². The Balaban J connectivity index is 1.47. The number of hydrogen-bond acceptors (Lipinski definition) is 7. The lowest BCUT2D eigenvalue weighted by molar-refractivity contribution is 0.217. The molecule has 3 aromatic heterocycles. The van der Waals surface area contributed by atoms with Crippen LogP contribution in [-0.4, -0.2) is 40.9 Å². The smallest absolute Gasteiger partial charge is 0.252 e. The Kier molecular flexibility index (Phi) is 3.70. The third kappa shape index (κ3) is 2.64. The zero-order valence-corrected chi connectivity index (χ0v) is 14.4. The fourth-order valence-corrected chi connectivity index (χ4v) is 5.44. The van der Waals surface area contributed by atoms with Crippen LogP contribution in [0.1, 0.15) is 16.7 Å². The second-order valence-corrected chi connectivity index (χ2v) is 9.01. The molecule has 0 N–H and O–H groups in total. The van der Waals surface area contributed by atoms with Gasteiger partial charge < -0.3 is 4.52 Å². The highest BCUT2D eigenvalue weighted by molar-refractivity contribution is 7.91. The molecule has 9 heteroatoms. The molecule has 0 unspecified atom stereocenters. The molecule has 0 bridgehead atoms. The van der Waals surface area contributed by atoms with E-state index in [0.29, 0.717) is 34.7 Å². The number of aryl methyl sites for hydroxylation is 1. The van der Waals surface area contributed by atoms with Gasteiger partial charge in [0, 0.05) is 24.2 Å². The number of pyridine rings is 1. The molecule has 0 amide bonds. The standard InChI is InChI=1S/C15H14N4O3S2/c1-10-5-6-13(23-10)24(20,21)19-8-11(9-19)15-17-14(18-22-15)12-4-2-3-7-16-12/h2-7,11H,8-9H2,1H3. The van der Waals surface area contributed by atoms with Gasteiger partial charge in [-0.05, 0) is 31.2 Å². The van der Waals surface area contributed by atoms with Crippen LogP contribution in [0.4, 0.5) is 0 Å². The van der Waals surface area contributed by atoms with E-state index < -0.39 is 10.0 Å². The maximum absolute atomic E-state index is 12.5. The van der Waals surface area contributed by atoms with Gasteiger partial charge in [0.1, 0.15) is 9.90 Å². The summed E-state index contributed by atoms with van der Waals surface area (Å²) in [5.74, 6) is 0.788. The second-order valence-electron chi connectivity index (χ2n) is 5.56. The molecule has 0 aliphatic carbocycles. The maximum atomic E-state index is 12.5. The van der Waals surface area contributed by atoms with E-state index in [4.69, 9.17) is 4.52 Å². The molecule has 1 saturated heterocycles. The highest BCUT2D eigenvalue weighted by Crippen LogP contribution is 2.34. The molecule has 7 nitrogen and oxygen atoms in total. The zero-order valence-electron chi connectivity index (χ0n) is 12.8. The average molecular weight is 362 g/mol. The molecule has 1 aliphatic heterocycles. The van der Waals surface area contributed by atoms with Crippen LogP contribution in [0.5, 0.6) is 0 Å². The summed E-state index contributed by atoms with van der Waals surface area (Å²) in [6.45, 7) is 2.59. The predicted molar refractivity (Wildman–Crippen MR) is 88.1 cm³/mol. The van der Waals surface area contributed by atoms with Gasteiger partial charge in [-0.3, -0.25) is 4.98 Å². The summed E-state index contributed by atoms with van der Waals surface area (Å²) in [6.07, 6.45) is 1.66. The first kappa shape index (κ1) is 15.4. The first-order valence-corrected chi connectivity index (χ1v) is 9.61. The Morgan fingerprint density at radius 1 is 1.25 bits per heavy atom. The number of sulfonamides is 1. The van der Waals surface area contributed by atoms with Gasteiger partial charge in [-0.15, -0.1) is 11.3 Å². The Labute approximate surface area is 143 Å². The molecule has 1 fully saturated rings. The van der Waals surface area contributed by atoms with E-state index >= 15 is 0 Å². The topological polar surface area (TPSA) is 89.2 Å². The number of nitrogens with zero attached hydrogens (tertiary/aromatic N) is 4. The molecular formula is C15H14N4O3S2. The quantitative estimate of drug-likeness (QED) is 0.707. The van der Waals surface area contributed by atoms with E-state index in [1.165, 1.54) is 15.6 Å². The lowest BCUT2D eigenvalue weighted by Gasteiger charge is -2.35. The molecule has 0 aromatic carbocycles. The Bertz CT molecular complexity index is 960. The van der Waals surface area contributed by atoms with Crippen LogP contribution in [0.3, 0.4) is 0 Å². The summed E-state index contributed by atoms with van der Waals surface area (Å²) in [5, 5.41) is 3.92. The molecule has 0 atom stereocenters. The van der Waals surface area contributed by atoms with Crippen molar-refractivity contribution in [2.24, 2.45) is 0 Å². The maximum Gasteiger partial charge on any atom is 0.252 e. The molecule has 0 radical (unpaired) electrons. The van der Waals surface area contributed by atoms with Crippen molar-refractivity contribution < 1.29 is 12.9 Å². The van der Waals surface area contributed by atoms with Crippen molar-refractivity contribution in [1.29, 1.82) is 0 Å². The van der Waals surface area contributed by atoms with Crippen LogP contribution in [0.2, 0.25) is 0 Å². The van der Waals surface area contributed by atoms with Gasteiger partial charge in [0.05, 0.1) is 5.92 Å². The SMILES string of the molecule is Cc1ccc(S(=O)(=O)N2CC(c3nc(-c4ccccn4)no3)C2)s1. The molecule has 124 valence electrons. The number of rotatable bonds is 4. The van der Waals surface area contributed by atoms with E-state index in [1.807, 2.05) is 25.1 Å². The first-order chi connectivity index (χ1) is 11.5. The summed E-state index contributed by atoms with van der Waals surface area (Å²) in [5.41, 5.74) is 0.630. The Morgan fingerprint density at radius 2 is 2.08 bits per heavy atom. The van der Waals surface area contributed by atoms with E-state index in [0.717, 1.165) is 4.88 Å². The van der Waals surface area contributed by atoms with Gasteiger partial charge in [-0.25, -0.2) is 8.42 Å². The van der Waals surface area contributed by atoms with E-state index in [1.54, 1.807) is 18.3 Å². The van der Waals surface area contributed by atoms with Gasteiger partial charge in [0.25, 0.3) is 10.0 Å². The number of hydrogen-bond donors (Lipinski definition) is 0. The largest absolute Gasteiger partial charge is 0.339 e. The zero-order chi connectivity index (χ0) is 16.7. The lowest BCUT2D eigenvalue weighted by atomic mass is 10.0. The normalized spacial score (nSPS) is 16.2. The van der Waals surface area contributed by atoms with Gasteiger partial charge >= 0.3 is 0 Å². The molecule has 3 aromatic rings. The van der Waals surface area contributed by atoms with Gasteiger partial charge in [0.15, 0.2) is 0 Å². The minimum Gasteiger partial charge on any atom is -0.339 e. The van der Waals surface area contributed by atoms with Crippen LogP contribution in [0, 0.1) is 6.92 Å². The van der Waals surface area contributed by atoms with Crippen molar-refractivity contribution in [3.8, 4) is 11.5 Å². The van der Waals surface area contributed by atoms with Crippen LogP contribution in [0.15, 0.2) is 45.3 Å². The van der Waals surface area contributed by atoms with E-state index in [9.17, 15) is 8.42 Å². The monoisotopic (exact) mass is 362 g/mol. The lowest BCUT2D eigenvalue weighted by Crippen LogP contribution is -2.48. The summed E-state index contributed by atoms with van der Waals surface area (Å²) in [4.78, 5) is 9.48. The third-order valence-electron chi connectivity index (χ3n) is 3.84. The van der Waals surface area contributed by atoms with E-state index in [2.05, 4.69) is 15.1 Å².